The molecule has 1 saturated carbocycles. The van der Waals surface area contributed by atoms with Gasteiger partial charge in [0.15, 0.2) is 0 Å². The Balaban J connectivity index is 0.000000853. The average molecular weight is 226 g/mol. The fourth-order valence-electron chi connectivity index (χ4n) is 2.96. The summed E-state index contributed by atoms with van der Waals surface area (Å²) in [6.07, 6.45) is 2.22. The number of benzene rings is 1. The summed E-state index contributed by atoms with van der Waals surface area (Å²) in [6, 6.07) is 10.7. The molecular formula is C12H16ClNO. The summed E-state index contributed by atoms with van der Waals surface area (Å²) >= 11 is 0. The Morgan fingerprint density at radius 3 is 2.40 bits per heavy atom. The summed E-state index contributed by atoms with van der Waals surface area (Å²) in [4.78, 5) is 0. The van der Waals surface area contributed by atoms with Gasteiger partial charge in [0.05, 0.1) is 12.2 Å². The zero-order valence-corrected chi connectivity index (χ0v) is 9.43. The Bertz CT molecular complexity index is 346. The second-order valence-electron chi connectivity index (χ2n) is 4.68. The molecule has 2 aliphatic heterocycles. The number of fused-ring (bicyclic) bond motifs is 1. The highest BCUT2D eigenvalue weighted by atomic mass is 35.5. The molecule has 0 radical (unpaired) electrons. The van der Waals surface area contributed by atoms with Gasteiger partial charge in [-0.15, -0.1) is 12.4 Å². The van der Waals surface area contributed by atoms with Gasteiger partial charge < -0.3 is 10.5 Å². The quantitative estimate of drug-likeness (QED) is 0.834. The van der Waals surface area contributed by atoms with Crippen LogP contribution < -0.4 is 5.73 Å². The average Bonchev–Trinajstić information content (AvgIpc) is 2.74. The molecule has 1 aliphatic carbocycles. The first-order valence-corrected chi connectivity index (χ1v) is 5.18. The van der Waals surface area contributed by atoms with E-state index in [0.29, 0.717) is 12.0 Å². The van der Waals surface area contributed by atoms with Crippen molar-refractivity contribution in [1.29, 1.82) is 0 Å². The molecule has 2 N–H and O–H groups in total. The topological polar surface area (TPSA) is 35.2 Å². The monoisotopic (exact) mass is 225 g/mol. The minimum absolute atomic E-state index is 0. The van der Waals surface area contributed by atoms with Crippen molar-refractivity contribution in [2.24, 2.45) is 5.73 Å². The van der Waals surface area contributed by atoms with Crippen LogP contribution in [-0.4, -0.2) is 18.8 Å². The molecule has 2 heterocycles. The Hall–Kier alpha value is -0.570. The molecule has 0 atom stereocenters. The van der Waals surface area contributed by atoms with Gasteiger partial charge in [-0.3, -0.25) is 0 Å². The van der Waals surface area contributed by atoms with Crippen LogP contribution in [0.2, 0.25) is 0 Å². The predicted octanol–water partition coefficient (Wildman–Crippen LogP) is 1.87. The first kappa shape index (κ1) is 10.9. The SMILES string of the molecule is Cl.NCC12CC(c3ccccc3)(CO1)C2. The van der Waals surface area contributed by atoms with Crippen LogP contribution in [0.3, 0.4) is 0 Å². The van der Waals surface area contributed by atoms with E-state index in [0.717, 1.165) is 19.4 Å². The second-order valence-corrected chi connectivity index (χ2v) is 4.68. The van der Waals surface area contributed by atoms with Crippen LogP contribution >= 0.6 is 12.4 Å². The molecule has 0 amide bonds. The van der Waals surface area contributed by atoms with E-state index >= 15 is 0 Å². The van der Waals surface area contributed by atoms with Crippen LogP contribution in [0.5, 0.6) is 0 Å². The second kappa shape index (κ2) is 3.48. The zero-order valence-electron chi connectivity index (χ0n) is 8.61. The molecule has 1 aromatic rings. The van der Waals surface area contributed by atoms with Gasteiger partial charge in [0.1, 0.15) is 0 Å². The van der Waals surface area contributed by atoms with Crippen LogP contribution in [0, 0.1) is 0 Å². The van der Waals surface area contributed by atoms with E-state index in [1.165, 1.54) is 5.56 Å². The normalized spacial score (nSPS) is 36.9. The molecule has 1 aromatic carbocycles. The van der Waals surface area contributed by atoms with Crippen molar-refractivity contribution in [3.05, 3.63) is 35.9 Å². The van der Waals surface area contributed by atoms with Gasteiger partial charge in [-0.25, -0.2) is 0 Å². The van der Waals surface area contributed by atoms with Gasteiger partial charge in [-0.05, 0) is 18.4 Å². The van der Waals surface area contributed by atoms with Gasteiger partial charge in [-0.2, -0.15) is 0 Å². The van der Waals surface area contributed by atoms with Crippen molar-refractivity contribution in [1.82, 2.24) is 0 Å². The van der Waals surface area contributed by atoms with Crippen molar-refractivity contribution < 1.29 is 4.74 Å². The van der Waals surface area contributed by atoms with E-state index in [9.17, 15) is 0 Å². The lowest BCUT2D eigenvalue weighted by Gasteiger charge is -2.44. The third-order valence-electron chi connectivity index (χ3n) is 3.73. The van der Waals surface area contributed by atoms with E-state index in [4.69, 9.17) is 10.5 Å². The zero-order chi connectivity index (χ0) is 9.65. The fraction of sp³-hybridized carbons (Fsp3) is 0.500. The molecule has 3 fully saturated rings. The highest BCUT2D eigenvalue weighted by Gasteiger charge is 2.62. The van der Waals surface area contributed by atoms with Gasteiger partial charge in [0.2, 0.25) is 0 Å². The van der Waals surface area contributed by atoms with E-state index in [1.807, 2.05) is 0 Å². The van der Waals surface area contributed by atoms with Crippen LogP contribution in [0.15, 0.2) is 30.3 Å². The lowest BCUT2D eigenvalue weighted by molar-refractivity contribution is 0.00613. The molecule has 2 bridgehead atoms. The number of hydrogen-bond acceptors (Lipinski definition) is 2. The Morgan fingerprint density at radius 2 is 1.87 bits per heavy atom. The van der Waals surface area contributed by atoms with Gasteiger partial charge in [0.25, 0.3) is 0 Å². The minimum atomic E-state index is 0. The standard InChI is InChI=1S/C12H15NO.ClH/c13-8-12-6-11(7-12,9-14-12)10-4-2-1-3-5-10;/h1-5H,6-9,13H2;1H. The van der Waals surface area contributed by atoms with Crippen LogP contribution in [0.25, 0.3) is 0 Å². The summed E-state index contributed by atoms with van der Waals surface area (Å²) in [5, 5.41) is 0. The van der Waals surface area contributed by atoms with Gasteiger partial charge >= 0.3 is 0 Å². The highest BCUT2D eigenvalue weighted by Crippen LogP contribution is 2.58. The van der Waals surface area contributed by atoms with E-state index in [1.54, 1.807) is 0 Å². The molecule has 0 unspecified atom stereocenters. The number of halogens is 1. The molecule has 0 spiro atoms. The Kier molecular flexibility index (Phi) is 2.53. The molecular weight excluding hydrogens is 210 g/mol. The first-order valence-electron chi connectivity index (χ1n) is 5.18. The van der Waals surface area contributed by atoms with Gasteiger partial charge in [0, 0.05) is 12.0 Å². The molecule has 0 aromatic heterocycles. The van der Waals surface area contributed by atoms with E-state index in [-0.39, 0.29) is 18.0 Å². The van der Waals surface area contributed by atoms with Gasteiger partial charge in [-0.1, -0.05) is 30.3 Å². The van der Waals surface area contributed by atoms with Crippen LogP contribution in [0.1, 0.15) is 18.4 Å². The first-order chi connectivity index (χ1) is 6.79. The number of ether oxygens (including phenoxy) is 1. The maximum absolute atomic E-state index is 5.80. The molecule has 2 saturated heterocycles. The van der Waals surface area contributed by atoms with E-state index in [2.05, 4.69) is 30.3 Å². The minimum Gasteiger partial charge on any atom is -0.373 e. The summed E-state index contributed by atoms with van der Waals surface area (Å²) in [5.74, 6) is 0. The maximum Gasteiger partial charge on any atom is 0.0823 e. The summed E-state index contributed by atoms with van der Waals surface area (Å²) < 4.78 is 5.80. The number of rotatable bonds is 2. The van der Waals surface area contributed by atoms with Crippen molar-refractivity contribution in [3.63, 3.8) is 0 Å². The van der Waals surface area contributed by atoms with Crippen molar-refractivity contribution in [3.8, 4) is 0 Å². The summed E-state index contributed by atoms with van der Waals surface area (Å²) in [7, 11) is 0. The molecule has 2 nitrogen and oxygen atoms in total. The lowest BCUT2D eigenvalue weighted by atomic mass is 9.59. The smallest absolute Gasteiger partial charge is 0.0823 e. The summed E-state index contributed by atoms with van der Waals surface area (Å²) in [5.41, 5.74) is 7.45. The van der Waals surface area contributed by atoms with E-state index < -0.39 is 0 Å². The highest BCUT2D eigenvalue weighted by molar-refractivity contribution is 5.85. The predicted molar refractivity (Wildman–Crippen MR) is 62.3 cm³/mol. The number of nitrogens with two attached hydrogens (primary N) is 1. The molecule has 3 heteroatoms. The van der Waals surface area contributed by atoms with Crippen molar-refractivity contribution >= 4 is 12.4 Å². The maximum atomic E-state index is 5.80. The summed E-state index contributed by atoms with van der Waals surface area (Å²) in [6.45, 7) is 1.52. The molecule has 4 rings (SSSR count). The molecule has 3 aliphatic rings. The lowest BCUT2D eigenvalue weighted by Crippen LogP contribution is -2.51. The van der Waals surface area contributed by atoms with Crippen molar-refractivity contribution in [2.75, 3.05) is 13.2 Å². The third-order valence-corrected chi connectivity index (χ3v) is 3.73. The molecule has 15 heavy (non-hydrogen) atoms. The number of hydrogen-bond donors (Lipinski definition) is 1. The van der Waals surface area contributed by atoms with Crippen LogP contribution in [0.4, 0.5) is 0 Å². The molecule has 82 valence electrons. The van der Waals surface area contributed by atoms with Crippen molar-refractivity contribution in [2.45, 2.75) is 23.9 Å². The fourth-order valence-corrected chi connectivity index (χ4v) is 2.96. The van der Waals surface area contributed by atoms with Crippen LogP contribution in [-0.2, 0) is 10.2 Å². The third kappa shape index (κ3) is 1.40. The largest absolute Gasteiger partial charge is 0.373 e. The Morgan fingerprint density at radius 1 is 1.20 bits per heavy atom. The Labute approximate surface area is 96.2 Å².